The maximum Gasteiger partial charge on any atom is 0.0784 e. The van der Waals surface area contributed by atoms with Crippen molar-refractivity contribution in [3.05, 3.63) is 154 Å². The second-order valence-corrected chi connectivity index (χ2v) is 14.1. The van der Waals surface area contributed by atoms with Gasteiger partial charge in [0, 0.05) is 81.2 Å². The van der Waals surface area contributed by atoms with E-state index >= 15 is 0 Å². The van der Waals surface area contributed by atoms with Crippen molar-refractivity contribution in [3.8, 4) is 0 Å². The van der Waals surface area contributed by atoms with Gasteiger partial charge in [-0.15, -0.1) is 0 Å². The van der Waals surface area contributed by atoms with Crippen LogP contribution in [0.3, 0.4) is 0 Å². The minimum atomic E-state index is 0.723. The van der Waals surface area contributed by atoms with Gasteiger partial charge in [0.25, 0.3) is 0 Å². The molecule has 0 aliphatic carbocycles. The summed E-state index contributed by atoms with van der Waals surface area (Å²) in [5, 5.41) is 13.8. The van der Waals surface area contributed by atoms with E-state index in [1.54, 1.807) is 0 Å². The van der Waals surface area contributed by atoms with Gasteiger partial charge in [-0.05, 0) is 85.6 Å². The maximum absolute atomic E-state index is 6.35. The third kappa shape index (κ3) is 7.10. The Labute approximate surface area is 308 Å². The van der Waals surface area contributed by atoms with E-state index < -0.39 is 0 Å². The van der Waals surface area contributed by atoms with Gasteiger partial charge in [-0.1, -0.05) is 90.3 Å². The number of halogens is 2. The fraction of sp³-hybridized carbons (Fsp3) is 0.209. The predicted octanol–water partition coefficient (Wildman–Crippen LogP) is 10.1. The zero-order valence-corrected chi connectivity index (χ0v) is 30.0. The lowest BCUT2D eigenvalue weighted by atomic mass is 10.1. The molecule has 4 aromatic carbocycles. The topological polar surface area (TPSA) is 59.7 Å². The van der Waals surface area contributed by atoms with E-state index in [1.807, 2.05) is 48.8 Å². The molecule has 0 fully saturated rings. The molecule has 0 saturated carbocycles. The van der Waals surface area contributed by atoms with Crippen molar-refractivity contribution in [2.75, 3.05) is 13.1 Å². The number of para-hydroxylation sites is 2. The van der Waals surface area contributed by atoms with Crippen LogP contribution in [0.1, 0.15) is 41.8 Å². The zero-order chi connectivity index (χ0) is 34.6. The van der Waals surface area contributed by atoms with E-state index in [4.69, 9.17) is 33.2 Å². The van der Waals surface area contributed by atoms with Crippen LogP contribution in [0, 0.1) is 0 Å². The highest BCUT2D eigenvalue weighted by molar-refractivity contribution is 6.31. The Balaban J connectivity index is 0.878. The number of benzene rings is 4. The average Bonchev–Trinajstić information content (AvgIpc) is 3.64. The van der Waals surface area contributed by atoms with E-state index in [0.29, 0.717) is 0 Å². The summed E-state index contributed by atoms with van der Waals surface area (Å²) in [5.74, 6) is 0. The van der Waals surface area contributed by atoms with Crippen molar-refractivity contribution in [1.82, 2.24) is 29.7 Å². The van der Waals surface area contributed by atoms with Gasteiger partial charge in [0.2, 0.25) is 0 Å². The van der Waals surface area contributed by atoms with Crippen molar-refractivity contribution < 1.29 is 0 Å². The molecule has 0 radical (unpaired) electrons. The van der Waals surface area contributed by atoms with E-state index in [0.717, 1.165) is 80.0 Å². The normalized spacial score (nSPS) is 11.8. The summed E-state index contributed by atoms with van der Waals surface area (Å²) < 4.78 is 4.77. The number of fused-ring (bicyclic) bond motifs is 6. The molecule has 0 atom stereocenters. The summed E-state index contributed by atoms with van der Waals surface area (Å²) in [6.07, 6.45) is 7.22. The van der Waals surface area contributed by atoms with E-state index in [-0.39, 0.29) is 0 Å². The Morgan fingerprint density at radius 3 is 1.43 bits per heavy atom. The quantitative estimate of drug-likeness (QED) is 0.110. The van der Waals surface area contributed by atoms with Gasteiger partial charge < -0.3 is 19.8 Å². The van der Waals surface area contributed by atoms with E-state index in [1.165, 1.54) is 54.7 Å². The van der Waals surface area contributed by atoms with Crippen LogP contribution >= 0.6 is 23.2 Å². The lowest BCUT2D eigenvalue weighted by Gasteiger charge is -2.12. The van der Waals surface area contributed by atoms with Gasteiger partial charge in [0.1, 0.15) is 0 Å². The first kappa shape index (κ1) is 33.4. The van der Waals surface area contributed by atoms with Crippen LogP contribution in [0.4, 0.5) is 0 Å². The fourth-order valence-corrected chi connectivity index (χ4v) is 7.89. The molecule has 6 nitrogen and oxygen atoms in total. The molecule has 4 aromatic heterocycles. The largest absolute Gasteiger partial charge is 0.334 e. The molecule has 2 N–H and O–H groups in total. The number of pyridine rings is 2. The molecular formula is C43H40Cl2N6. The van der Waals surface area contributed by atoms with Crippen molar-refractivity contribution in [2.45, 2.75) is 45.4 Å². The molecule has 0 spiro atoms. The first-order valence-corrected chi connectivity index (χ1v) is 18.5. The standard InChI is InChI=1S/C43H40Cl2N6/c44-32-12-8-10-30(24-32)28-50-40-16-4-2-14-34(40)36-18-22-48-38(42(36)50)26-46-20-6-1-7-21-47-27-39-43-37(19-23-49-39)35-15-3-5-17-41(35)51(43)29-31-11-9-13-33(45)25-31/h2-5,8-19,22-25,46-47H,1,6-7,20-21,26-29H2. The van der Waals surface area contributed by atoms with Gasteiger partial charge in [-0.25, -0.2) is 0 Å². The van der Waals surface area contributed by atoms with Crippen LogP contribution in [0.5, 0.6) is 0 Å². The minimum absolute atomic E-state index is 0.723. The Morgan fingerprint density at radius 1 is 0.490 bits per heavy atom. The van der Waals surface area contributed by atoms with E-state index in [2.05, 4.69) is 92.6 Å². The Hall–Kier alpha value is -4.72. The van der Waals surface area contributed by atoms with Gasteiger partial charge >= 0.3 is 0 Å². The molecule has 0 bridgehead atoms. The second kappa shape index (κ2) is 15.3. The van der Waals surface area contributed by atoms with Crippen molar-refractivity contribution >= 4 is 66.8 Å². The molecular weight excluding hydrogens is 671 g/mol. The summed E-state index contributed by atoms with van der Waals surface area (Å²) in [6, 6.07) is 37.7. The zero-order valence-electron chi connectivity index (χ0n) is 28.5. The molecule has 8 heteroatoms. The predicted molar refractivity (Wildman–Crippen MR) is 213 cm³/mol. The Kier molecular flexibility index (Phi) is 10.0. The van der Waals surface area contributed by atoms with Crippen LogP contribution in [-0.2, 0) is 26.2 Å². The highest BCUT2D eigenvalue weighted by Crippen LogP contribution is 2.33. The summed E-state index contributed by atoms with van der Waals surface area (Å²) in [4.78, 5) is 9.69. The van der Waals surface area contributed by atoms with Crippen molar-refractivity contribution in [3.63, 3.8) is 0 Å². The third-order valence-corrected chi connectivity index (χ3v) is 10.2. The number of aromatic nitrogens is 4. The fourth-order valence-electron chi connectivity index (χ4n) is 7.46. The molecule has 0 aliphatic heterocycles. The number of nitrogens with zero attached hydrogens (tertiary/aromatic N) is 4. The molecule has 0 amide bonds. The second-order valence-electron chi connectivity index (χ2n) is 13.2. The van der Waals surface area contributed by atoms with Crippen LogP contribution in [0.2, 0.25) is 10.0 Å². The number of hydrogen-bond donors (Lipinski definition) is 2. The van der Waals surface area contributed by atoms with E-state index in [9.17, 15) is 0 Å². The maximum atomic E-state index is 6.35. The van der Waals surface area contributed by atoms with Gasteiger partial charge in [0.15, 0.2) is 0 Å². The number of hydrogen-bond acceptors (Lipinski definition) is 4. The molecule has 0 saturated heterocycles. The van der Waals surface area contributed by atoms with Crippen molar-refractivity contribution in [2.24, 2.45) is 0 Å². The summed E-state index contributed by atoms with van der Waals surface area (Å²) in [6.45, 7) is 4.81. The molecule has 256 valence electrons. The lowest BCUT2D eigenvalue weighted by Crippen LogP contribution is -2.18. The van der Waals surface area contributed by atoms with Crippen LogP contribution in [-0.4, -0.2) is 32.2 Å². The molecule has 8 aromatic rings. The summed E-state index contributed by atoms with van der Waals surface area (Å²) in [7, 11) is 0. The Morgan fingerprint density at radius 2 is 0.961 bits per heavy atom. The van der Waals surface area contributed by atoms with Crippen LogP contribution < -0.4 is 10.6 Å². The van der Waals surface area contributed by atoms with Crippen LogP contribution in [0.25, 0.3) is 43.6 Å². The molecule has 0 aliphatic rings. The van der Waals surface area contributed by atoms with Crippen LogP contribution in [0.15, 0.2) is 122 Å². The molecule has 0 unspecified atom stereocenters. The monoisotopic (exact) mass is 710 g/mol. The number of unbranched alkanes of at least 4 members (excludes halogenated alkanes) is 2. The van der Waals surface area contributed by atoms with Gasteiger partial charge in [-0.3, -0.25) is 9.97 Å². The highest BCUT2D eigenvalue weighted by Gasteiger charge is 2.17. The van der Waals surface area contributed by atoms with Gasteiger partial charge in [-0.2, -0.15) is 0 Å². The molecule has 51 heavy (non-hydrogen) atoms. The smallest absolute Gasteiger partial charge is 0.0784 e. The first-order chi connectivity index (χ1) is 25.1. The number of rotatable bonds is 14. The average molecular weight is 712 g/mol. The third-order valence-electron chi connectivity index (χ3n) is 9.76. The lowest BCUT2D eigenvalue weighted by molar-refractivity contribution is 0.567. The Bertz CT molecular complexity index is 2290. The summed E-state index contributed by atoms with van der Waals surface area (Å²) in [5.41, 5.74) is 9.29. The van der Waals surface area contributed by atoms with Gasteiger partial charge in [0.05, 0.1) is 22.4 Å². The minimum Gasteiger partial charge on any atom is -0.334 e. The molecule has 8 rings (SSSR count). The molecule has 4 heterocycles. The summed E-state index contributed by atoms with van der Waals surface area (Å²) >= 11 is 12.7. The number of nitrogens with one attached hydrogen (secondary N) is 2. The first-order valence-electron chi connectivity index (χ1n) is 17.7. The SMILES string of the molecule is Clc1cccc(Cn2c3ccccc3c3ccnc(CNCCCCCNCc4nccc5c6ccccc6n(Cc6cccc(Cl)c6)c45)c32)c1. The van der Waals surface area contributed by atoms with Crippen molar-refractivity contribution in [1.29, 1.82) is 0 Å². The highest BCUT2D eigenvalue weighted by atomic mass is 35.5.